The Labute approximate surface area is 252 Å². The molecule has 0 unspecified atom stereocenters. The highest BCUT2D eigenvalue weighted by Gasteiger charge is 2.53. The molecule has 7 atom stereocenters. The van der Waals surface area contributed by atoms with E-state index in [-0.39, 0.29) is 36.6 Å². The van der Waals surface area contributed by atoms with Crippen LogP contribution in [0.25, 0.3) is 6.08 Å². The number of aliphatic hydroxyl groups is 3. The fourth-order valence-electron chi connectivity index (χ4n) is 5.62. The molecule has 6 N–H and O–H groups in total. The van der Waals surface area contributed by atoms with Gasteiger partial charge in [-0.05, 0) is 73.7 Å². The van der Waals surface area contributed by atoms with Crippen LogP contribution in [0, 0.1) is 11.6 Å². The van der Waals surface area contributed by atoms with Crippen molar-refractivity contribution in [3.8, 4) is 11.5 Å². The Morgan fingerprint density at radius 3 is 2.50 bits per heavy atom. The summed E-state index contributed by atoms with van der Waals surface area (Å²) in [4.78, 5) is 18.3. The molecule has 3 aliphatic rings. The number of nitrogens with one attached hydrogen (secondary N) is 2. The number of halogens is 2. The summed E-state index contributed by atoms with van der Waals surface area (Å²) in [6.45, 7) is 3.31. The van der Waals surface area contributed by atoms with E-state index in [9.17, 15) is 34.0 Å². The van der Waals surface area contributed by atoms with Gasteiger partial charge >= 0.3 is 0 Å². The summed E-state index contributed by atoms with van der Waals surface area (Å²) in [6, 6.07) is 7.14. The van der Waals surface area contributed by atoms with Crippen molar-refractivity contribution in [2.45, 2.75) is 82.4 Å². The predicted molar refractivity (Wildman–Crippen MR) is 152 cm³/mol. The fraction of sp³-hybridized carbons (Fsp3) is 0.452. The number of fused-ring (bicyclic) bond motifs is 1. The number of aromatic hydroxyl groups is 1. The molecule has 1 heterocycles. The van der Waals surface area contributed by atoms with Crippen molar-refractivity contribution in [1.29, 1.82) is 0 Å². The van der Waals surface area contributed by atoms with E-state index < -0.39 is 54.1 Å². The quantitative estimate of drug-likeness (QED) is 0.182. The summed E-state index contributed by atoms with van der Waals surface area (Å²) >= 11 is 0. The number of ether oxygens (including phenoxy) is 3. The lowest BCUT2D eigenvalue weighted by atomic mass is 9.83. The average Bonchev–Trinajstić information content (AvgIpc) is 3.68. The highest BCUT2D eigenvalue weighted by Crippen LogP contribution is 2.35. The van der Waals surface area contributed by atoms with E-state index in [0.29, 0.717) is 24.0 Å². The molecule has 2 aromatic carbocycles. The highest BCUT2D eigenvalue weighted by molar-refractivity contribution is 5.97. The minimum absolute atomic E-state index is 0.0520. The molecule has 238 valence electrons. The van der Waals surface area contributed by atoms with Crippen molar-refractivity contribution in [2.24, 2.45) is 0 Å². The third kappa shape index (κ3) is 7.04. The van der Waals surface area contributed by atoms with Gasteiger partial charge in [0, 0.05) is 17.7 Å². The number of hydrogen-bond acceptors (Lipinski definition) is 10. The number of phenols is 1. The first-order chi connectivity index (χ1) is 21.0. The van der Waals surface area contributed by atoms with Crippen LogP contribution in [0.2, 0.25) is 0 Å². The van der Waals surface area contributed by atoms with Gasteiger partial charge in [0.2, 0.25) is 5.91 Å². The lowest BCUT2D eigenvalue weighted by Crippen LogP contribution is -2.67. The number of aliphatic hydroxyl groups excluding tert-OH is 3. The van der Waals surface area contributed by atoms with Crippen LogP contribution in [0.5, 0.6) is 11.5 Å². The number of rotatable bonds is 9. The van der Waals surface area contributed by atoms with E-state index in [2.05, 4.69) is 10.8 Å². The third-order valence-corrected chi connectivity index (χ3v) is 8.14. The summed E-state index contributed by atoms with van der Waals surface area (Å²) in [6.07, 6.45) is -2.47. The molecule has 0 aromatic heterocycles. The lowest BCUT2D eigenvalue weighted by molar-refractivity contribution is -0.155. The maximum atomic E-state index is 13.4. The zero-order chi connectivity index (χ0) is 31.5. The maximum Gasteiger partial charge on any atom is 0.247 e. The largest absolute Gasteiger partial charge is 0.504 e. The molecular formula is C31H36F2N2O9. The van der Waals surface area contributed by atoms with Crippen LogP contribution in [-0.4, -0.2) is 75.8 Å². The second-order valence-electron chi connectivity index (χ2n) is 11.3. The molecule has 3 fully saturated rings. The van der Waals surface area contributed by atoms with E-state index in [1.54, 1.807) is 12.1 Å². The molecular weight excluding hydrogens is 582 g/mol. The number of hydrogen-bond donors (Lipinski definition) is 6. The van der Waals surface area contributed by atoms with Gasteiger partial charge in [0.05, 0.1) is 12.6 Å². The van der Waals surface area contributed by atoms with Crippen LogP contribution >= 0.6 is 0 Å². The van der Waals surface area contributed by atoms with Gasteiger partial charge in [-0.2, -0.15) is 0 Å². The van der Waals surface area contributed by atoms with Crippen LogP contribution in [0.4, 0.5) is 8.78 Å². The van der Waals surface area contributed by atoms with E-state index >= 15 is 0 Å². The van der Waals surface area contributed by atoms with Gasteiger partial charge in [-0.15, -0.1) is 0 Å². The van der Waals surface area contributed by atoms with Crippen molar-refractivity contribution in [3.63, 3.8) is 0 Å². The first-order valence-corrected chi connectivity index (χ1v) is 14.3. The molecule has 44 heavy (non-hydrogen) atoms. The number of allylic oxidation sites excluding steroid dienone is 1. The van der Waals surface area contributed by atoms with E-state index in [1.807, 2.05) is 6.92 Å². The predicted octanol–water partition coefficient (Wildman–Crippen LogP) is 2.32. The summed E-state index contributed by atoms with van der Waals surface area (Å²) in [7, 11) is 0. The van der Waals surface area contributed by atoms with Crippen molar-refractivity contribution in [1.82, 2.24) is 10.8 Å². The van der Waals surface area contributed by atoms with Crippen molar-refractivity contribution >= 4 is 12.0 Å². The van der Waals surface area contributed by atoms with Gasteiger partial charge in [-0.1, -0.05) is 12.1 Å². The zero-order valence-electron chi connectivity index (χ0n) is 24.2. The number of benzene rings is 2. The Balaban J connectivity index is 1.13. The highest BCUT2D eigenvalue weighted by atomic mass is 19.2. The van der Waals surface area contributed by atoms with Gasteiger partial charge in [-0.25, -0.2) is 8.78 Å². The number of hydroxylamine groups is 1. The van der Waals surface area contributed by atoms with Gasteiger partial charge in [0.25, 0.3) is 0 Å². The van der Waals surface area contributed by atoms with Gasteiger partial charge in [-0.3, -0.25) is 15.1 Å². The summed E-state index contributed by atoms with van der Waals surface area (Å²) in [5.41, 5.74) is 5.96. The molecule has 1 amide bonds. The Morgan fingerprint density at radius 1 is 1.02 bits per heavy atom. The van der Waals surface area contributed by atoms with Gasteiger partial charge in [0.15, 0.2) is 23.1 Å². The van der Waals surface area contributed by atoms with Crippen molar-refractivity contribution < 1.29 is 53.0 Å². The molecule has 13 heteroatoms. The first kappa shape index (κ1) is 31.8. The number of amides is 1. The minimum atomic E-state index is -1.46. The van der Waals surface area contributed by atoms with Crippen LogP contribution in [0.3, 0.4) is 0 Å². The van der Waals surface area contributed by atoms with E-state index in [0.717, 1.165) is 29.8 Å². The Morgan fingerprint density at radius 2 is 1.77 bits per heavy atom. The molecule has 5 rings (SSSR count). The molecule has 0 bridgehead atoms. The monoisotopic (exact) mass is 618 g/mol. The van der Waals surface area contributed by atoms with E-state index in [4.69, 9.17) is 19.0 Å². The van der Waals surface area contributed by atoms with Gasteiger partial charge < -0.3 is 40.0 Å². The first-order valence-electron chi connectivity index (χ1n) is 14.3. The second-order valence-corrected chi connectivity index (χ2v) is 11.3. The van der Waals surface area contributed by atoms with Crippen LogP contribution < -0.4 is 15.5 Å². The van der Waals surface area contributed by atoms with Crippen molar-refractivity contribution in [2.75, 3.05) is 6.79 Å². The minimum Gasteiger partial charge on any atom is -0.504 e. The zero-order valence-corrected chi connectivity index (χ0v) is 24.2. The molecule has 1 saturated heterocycles. The molecule has 11 nitrogen and oxygen atoms in total. The second kappa shape index (κ2) is 13.6. The summed E-state index contributed by atoms with van der Waals surface area (Å²) < 4.78 is 43.0. The summed E-state index contributed by atoms with van der Waals surface area (Å²) in [5.74, 6) is -2.26. The topological polar surface area (TPSA) is 159 Å². The lowest BCUT2D eigenvalue weighted by Gasteiger charge is -2.41. The van der Waals surface area contributed by atoms with Crippen LogP contribution in [0.15, 0.2) is 53.2 Å². The Bertz CT molecular complexity index is 1430. The molecule has 0 spiro atoms. The molecule has 2 aliphatic carbocycles. The van der Waals surface area contributed by atoms with Crippen molar-refractivity contribution in [3.05, 3.63) is 76.0 Å². The normalized spacial score (nSPS) is 29.7. The Kier molecular flexibility index (Phi) is 9.83. The maximum absolute atomic E-state index is 13.4. The van der Waals surface area contributed by atoms with E-state index in [1.165, 1.54) is 25.1 Å². The third-order valence-electron chi connectivity index (χ3n) is 8.14. The molecule has 1 aliphatic heterocycles. The molecule has 2 aromatic rings. The smallest absolute Gasteiger partial charge is 0.247 e. The SMILES string of the molecule is CC(=Cc1ccc(O[C@H]2CCC(=C(C)NOCc3ccc(F)c(F)c3)C2)c(O)c1)C(=O)N[C@@H]1[C@H](O)[C@@H](O)[C@H]2OCO[C@H]2[C@@H]1O. The standard InChI is InChI=1S/C31H36F2N2O9/c1-15(31(40)34-25-26(37)28(39)30-29(27(25)38)41-14-42-30)9-17-4-8-24(23(36)11-17)44-20-6-5-19(12-20)16(2)35-43-13-18-3-7-21(32)22(33)10-18/h3-4,7-11,20,25-30,35-39H,5-6,12-14H2,1-2H3,(H,34,40)/t20-,25+,26-,27+,28+,29-,30+/m0/s1. The molecule has 2 saturated carbocycles. The van der Waals surface area contributed by atoms with Crippen LogP contribution in [0.1, 0.15) is 44.2 Å². The summed E-state index contributed by atoms with van der Waals surface area (Å²) in [5, 5.41) is 44.5. The average molecular weight is 619 g/mol. The molecule has 0 radical (unpaired) electrons. The number of carbonyl (C=O) groups is 1. The van der Waals surface area contributed by atoms with Crippen LogP contribution in [-0.2, 0) is 25.7 Å². The number of phenolic OH excluding ortho intramolecular Hbond substituents is 1. The number of carbonyl (C=O) groups excluding carboxylic acids is 1. The fourth-order valence-corrected chi connectivity index (χ4v) is 5.62. The Hall–Kier alpha value is -3.59. The van der Waals surface area contributed by atoms with Gasteiger partial charge in [0.1, 0.15) is 43.4 Å².